The van der Waals surface area contributed by atoms with Crippen LogP contribution in [0.15, 0.2) is 45.3 Å². The van der Waals surface area contributed by atoms with Crippen LogP contribution < -0.4 is 14.8 Å². The van der Waals surface area contributed by atoms with E-state index in [2.05, 4.69) is 37.2 Å². The summed E-state index contributed by atoms with van der Waals surface area (Å²) >= 11 is 6.88. The van der Waals surface area contributed by atoms with Gasteiger partial charge in [-0.25, -0.2) is 0 Å². The van der Waals surface area contributed by atoms with E-state index in [0.717, 1.165) is 20.3 Å². The summed E-state index contributed by atoms with van der Waals surface area (Å²) in [5.41, 5.74) is 1.78. The van der Waals surface area contributed by atoms with Crippen LogP contribution in [0.1, 0.15) is 5.56 Å². The Labute approximate surface area is 146 Å². The second kappa shape index (κ2) is 7.65. The smallest absolute Gasteiger partial charge is 0.262 e. The highest BCUT2D eigenvalue weighted by Gasteiger charge is 2.10. The Bertz CT molecular complexity index is 649. The van der Waals surface area contributed by atoms with Crippen LogP contribution in [-0.4, -0.2) is 19.6 Å². The van der Waals surface area contributed by atoms with Gasteiger partial charge in [0.05, 0.1) is 12.8 Å². The molecule has 22 heavy (non-hydrogen) atoms. The first-order chi connectivity index (χ1) is 10.5. The van der Waals surface area contributed by atoms with Crippen LogP contribution in [0.3, 0.4) is 0 Å². The molecule has 0 radical (unpaired) electrons. The molecular formula is C16H15Br2NO3. The summed E-state index contributed by atoms with van der Waals surface area (Å²) in [5.74, 6) is 1.11. The molecule has 0 unspecified atom stereocenters. The number of nitrogens with one attached hydrogen (secondary N) is 1. The third-order valence-electron chi connectivity index (χ3n) is 2.88. The van der Waals surface area contributed by atoms with Crippen molar-refractivity contribution in [3.8, 4) is 11.5 Å². The van der Waals surface area contributed by atoms with Crippen molar-refractivity contribution in [2.75, 3.05) is 19.0 Å². The van der Waals surface area contributed by atoms with Crippen molar-refractivity contribution in [3.05, 3.63) is 50.9 Å². The van der Waals surface area contributed by atoms with Gasteiger partial charge in [-0.05, 0) is 80.7 Å². The normalized spacial score (nSPS) is 10.2. The minimum Gasteiger partial charge on any atom is -0.497 e. The molecule has 0 aliphatic heterocycles. The zero-order chi connectivity index (χ0) is 16.1. The van der Waals surface area contributed by atoms with Gasteiger partial charge in [0.15, 0.2) is 6.61 Å². The molecule has 0 fully saturated rings. The van der Waals surface area contributed by atoms with Gasteiger partial charge in [0.2, 0.25) is 0 Å². The van der Waals surface area contributed by atoms with E-state index in [1.54, 1.807) is 31.4 Å². The first kappa shape index (κ1) is 16.8. The molecule has 0 saturated carbocycles. The topological polar surface area (TPSA) is 47.6 Å². The lowest BCUT2D eigenvalue weighted by Crippen LogP contribution is -2.20. The fraction of sp³-hybridized carbons (Fsp3) is 0.188. The zero-order valence-electron chi connectivity index (χ0n) is 12.2. The highest BCUT2D eigenvalue weighted by Crippen LogP contribution is 2.32. The minimum absolute atomic E-state index is 0.0704. The van der Waals surface area contributed by atoms with Gasteiger partial charge in [-0.2, -0.15) is 0 Å². The SMILES string of the molecule is COc1ccc(OCC(=O)Nc2c(Br)cc(C)cc2Br)cc1. The monoisotopic (exact) mass is 427 g/mol. The summed E-state index contributed by atoms with van der Waals surface area (Å²) in [6.07, 6.45) is 0. The maximum atomic E-state index is 12.0. The lowest BCUT2D eigenvalue weighted by atomic mass is 10.2. The molecule has 6 heteroatoms. The number of ether oxygens (including phenoxy) is 2. The van der Waals surface area contributed by atoms with Crippen molar-refractivity contribution in [1.29, 1.82) is 0 Å². The Hall–Kier alpha value is -1.53. The van der Waals surface area contributed by atoms with Crippen LogP contribution in [0.25, 0.3) is 0 Å². The number of carbonyl (C=O) groups is 1. The lowest BCUT2D eigenvalue weighted by Gasteiger charge is -2.11. The van der Waals surface area contributed by atoms with Crippen molar-refractivity contribution in [2.24, 2.45) is 0 Å². The van der Waals surface area contributed by atoms with Crippen molar-refractivity contribution < 1.29 is 14.3 Å². The van der Waals surface area contributed by atoms with Gasteiger partial charge in [-0.3, -0.25) is 4.79 Å². The molecule has 0 aromatic heterocycles. The molecule has 0 aliphatic carbocycles. The Morgan fingerprint density at radius 3 is 2.18 bits per heavy atom. The molecule has 0 bridgehead atoms. The molecule has 2 aromatic carbocycles. The molecule has 0 spiro atoms. The minimum atomic E-state index is -0.235. The number of aryl methyl sites for hydroxylation is 1. The van der Waals surface area contributed by atoms with E-state index in [1.807, 2.05) is 19.1 Å². The van der Waals surface area contributed by atoms with Crippen LogP contribution in [0.5, 0.6) is 11.5 Å². The number of hydrogen-bond donors (Lipinski definition) is 1. The molecule has 116 valence electrons. The van der Waals surface area contributed by atoms with Gasteiger partial charge in [0.25, 0.3) is 5.91 Å². The molecule has 0 heterocycles. The summed E-state index contributed by atoms with van der Waals surface area (Å²) < 4.78 is 12.1. The Morgan fingerprint density at radius 1 is 1.09 bits per heavy atom. The third kappa shape index (κ3) is 4.48. The molecule has 1 amide bonds. The highest BCUT2D eigenvalue weighted by atomic mass is 79.9. The van der Waals surface area contributed by atoms with Gasteiger partial charge in [0, 0.05) is 8.95 Å². The Morgan fingerprint density at radius 2 is 1.64 bits per heavy atom. The quantitative estimate of drug-likeness (QED) is 0.759. The fourth-order valence-electron chi connectivity index (χ4n) is 1.82. The number of methoxy groups -OCH3 is 1. The standard InChI is InChI=1S/C16H15Br2NO3/c1-10-7-13(17)16(14(18)8-10)19-15(20)9-22-12-5-3-11(21-2)4-6-12/h3-8H,9H2,1-2H3,(H,19,20). The number of amides is 1. The highest BCUT2D eigenvalue weighted by molar-refractivity contribution is 9.11. The van der Waals surface area contributed by atoms with Gasteiger partial charge in [-0.1, -0.05) is 0 Å². The molecule has 0 saturated heterocycles. The van der Waals surface area contributed by atoms with Gasteiger partial charge < -0.3 is 14.8 Å². The summed E-state index contributed by atoms with van der Waals surface area (Å²) in [6.45, 7) is 1.91. The number of carbonyl (C=O) groups excluding carboxylic acids is 1. The average Bonchev–Trinajstić information content (AvgIpc) is 2.49. The molecular weight excluding hydrogens is 414 g/mol. The first-order valence-electron chi connectivity index (χ1n) is 6.52. The second-order valence-electron chi connectivity index (χ2n) is 4.62. The first-order valence-corrected chi connectivity index (χ1v) is 8.10. The van der Waals surface area contributed by atoms with Crippen LogP contribution in [-0.2, 0) is 4.79 Å². The predicted octanol–water partition coefficient (Wildman–Crippen LogP) is 4.55. The summed E-state index contributed by atoms with van der Waals surface area (Å²) in [5, 5.41) is 2.82. The van der Waals surface area contributed by atoms with Crippen LogP contribution in [0, 0.1) is 6.92 Å². The fourth-order valence-corrected chi connectivity index (χ4v) is 3.43. The Balaban J connectivity index is 1.95. The van der Waals surface area contributed by atoms with Gasteiger partial charge in [0.1, 0.15) is 11.5 Å². The van der Waals surface area contributed by atoms with Crippen LogP contribution in [0.2, 0.25) is 0 Å². The lowest BCUT2D eigenvalue weighted by molar-refractivity contribution is -0.118. The third-order valence-corrected chi connectivity index (χ3v) is 4.13. The Kier molecular flexibility index (Phi) is 5.85. The van der Waals surface area contributed by atoms with Crippen LogP contribution >= 0.6 is 31.9 Å². The number of halogens is 2. The summed E-state index contributed by atoms with van der Waals surface area (Å²) in [7, 11) is 1.60. The largest absolute Gasteiger partial charge is 0.497 e. The second-order valence-corrected chi connectivity index (χ2v) is 6.32. The molecule has 1 N–H and O–H groups in total. The van der Waals surface area contributed by atoms with E-state index in [9.17, 15) is 4.79 Å². The van der Waals surface area contributed by atoms with Crippen molar-refractivity contribution in [3.63, 3.8) is 0 Å². The molecule has 0 aliphatic rings. The molecule has 2 rings (SSSR count). The van der Waals surface area contributed by atoms with E-state index in [0.29, 0.717) is 11.4 Å². The number of rotatable bonds is 5. The van der Waals surface area contributed by atoms with E-state index < -0.39 is 0 Å². The van der Waals surface area contributed by atoms with Crippen molar-refractivity contribution in [1.82, 2.24) is 0 Å². The molecule has 4 nitrogen and oxygen atoms in total. The van der Waals surface area contributed by atoms with Crippen LogP contribution in [0.4, 0.5) is 5.69 Å². The average molecular weight is 429 g/mol. The van der Waals surface area contributed by atoms with Gasteiger partial charge >= 0.3 is 0 Å². The number of anilines is 1. The van der Waals surface area contributed by atoms with Gasteiger partial charge in [-0.15, -0.1) is 0 Å². The zero-order valence-corrected chi connectivity index (χ0v) is 15.3. The van der Waals surface area contributed by atoms with E-state index in [1.165, 1.54) is 0 Å². The summed E-state index contributed by atoms with van der Waals surface area (Å²) in [6, 6.07) is 10.9. The van der Waals surface area contributed by atoms with E-state index >= 15 is 0 Å². The molecule has 2 aromatic rings. The number of hydrogen-bond acceptors (Lipinski definition) is 3. The molecule has 0 atom stereocenters. The predicted molar refractivity (Wildman–Crippen MR) is 93.7 cm³/mol. The maximum Gasteiger partial charge on any atom is 0.262 e. The summed E-state index contributed by atoms with van der Waals surface area (Å²) in [4.78, 5) is 12.0. The van der Waals surface area contributed by atoms with E-state index in [-0.39, 0.29) is 12.5 Å². The van der Waals surface area contributed by atoms with Crippen molar-refractivity contribution >= 4 is 43.5 Å². The number of benzene rings is 2. The van der Waals surface area contributed by atoms with E-state index in [4.69, 9.17) is 9.47 Å². The van der Waals surface area contributed by atoms with Crippen molar-refractivity contribution in [2.45, 2.75) is 6.92 Å². The maximum absolute atomic E-state index is 12.0.